The van der Waals surface area contributed by atoms with Gasteiger partial charge in [-0.3, -0.25) is 14.9 Å². The second-order valence-corrected chi connectivity index (χ2v) is 6.42. The van der Waals surface area contributed by atoms with Gasteiger partial charge in [-0.2, -0.15) is 4.98 Å². The molecule has 0 radical (unpaired) electrons. The molecule has 10 heteroatoms. The van der Waals surface area contributed by atoms with Gasteiger partial charge in [-0.05, 0) is 44.0 Å². The van der Waals surface area contributed by atoms with Gasteiger partial charge in [0.05, 0.1) is 24.6 Å². The van der Waals surface area contributed by atoms with Crippen LogP contribution in [0, 0.1) is 16.0 Å². The van der Waals surface area contributed by atoms with Crippen LogP contribution in [-0.2, 0) is 9.53 Å². The number of methoxy groups -OCH3 is 1. The van der Waals surface area contributed by atoms with E-state index < -0.39 is 4.92 Å². The van der Waals surface area contributed by atoms with Gasteiger partial charge in [-0.25, -0.2) is 4.98 Å². The molecule has 0 aliphatic carbocycles. The molecule has 1 aromatic heterocycles. The fraction of sp³-hybridized carbons (Fsp3) is 0.421. The molecule has 0 amide bonds. The minimum atomic E-state index is -0.567. The summed E-state index contributed by atoms with van der Waals surface area (Å²) in [5, 5.41) is 11.8. The van der Waals surface area contributed by atoms with Crippen LogP contribution >= 0.6 is 0 Å². The maximum absolute atomic E-state index is 12.1. The van der Waals surface area contributed by atoms with Crippen molar-refractivity contribution >= 4 is 17.5 Å². The first-order valence-corrected chi connectivity index (χ1v) is 9.26. The van der Waals surface area contributed by atoms with Crippen molar-refractivity contribution in [3.8, 4) is 17.4 Å². The third-order valence-electron chi connectivity index (χ3n) is 4.57. The van der Waals surface area contributed by atoms with Crippen LogP contribution in [0.1, 0.15) is 19.8 Å². The molecule has 0 spiro atoms. The van der Waals surface area contributed by atoms with E-state index in [1.165, 1.54) is 6.33 Å². The largest absolute Gasteiger partial charge is 0.497 e. The molecule has 1 aliphatic heterocycles. The van der Waals surface area contributed by atoms with E-state index in [4.69, 9.17) is 14.2 Å². The highest BCUT2D eigenvalue weighted by Crippen LogP contribution is 2.37. The van der Waals surface area contributed by atoms with Crippen molar-refractivity contribution in [2.45, 2.75) is 19.8 Å². The third kappa shape index (κ3) is 4.71. The summed E-state index contributed by atoms with van der Waals surface area (Å²) < 4.78 is 15.8. The Labute approximate surface area is 167 Å². The number of ether oxygens (including phenoxy) is 3. The van der Waals surface area contributed by atoms with E-state index in [2.05, 4.69) is 9.97 Å². The number of rotatable bonds is 7. The smallest absolute Gasteiger partial charge is 0.373 e. The van der Waals surface area contributed by atoms with Gasteiger partial charge >= 0.3 is 17.5 Å². The fourth-order valence-corrected chi connectivity index (χ4v) is 3.20. The molecule has 1 unspecified atom stereocenters. The van der Waals surface area contributed by atoms with Gasteiger partial charge in [0.2, 0.25) is 5.82 Å². The molecule has 1 aromatic carbocycles. The van der Waals surface area contributed by atoms with E-state index >= 15 is 0 Å². The van der Waals surface area contributed by atoms with Gasteiger partial charge in [0.25, 0.3) is 0 Å². The fourth-order valence-electron chi connectivity index (χ4n) is 3.20. The Morgan fingerprint density at radius 3 is 2.66 bits per heavy atom. The maximum Gasteiger partial charge on any atom is 0.373 e. The average molecular weight is 402 g/mol. The number of hydrogen-bond donors (Lipinski definition) is 0. The van der Waals surface area contributed by atoms with E-state index in [0.717, 1.165) is 0 Å². The lowest BCUT2D eigenvalue weighted by Crippen LogP contribution is -2.40. The molecule has 1 fully saturated rings. The number of benzene rings is 1. The van der Waals surface area contributed by atoms with Crippen LogP contribution in [0.25, 0.3) is 0 Å². The summed E-state index contributed by atoms with van der Waals surface area (Å²) in [5.74, 6) is 0.314. The Morgan fingerprint density at radius 2 is 2.00 bits per heavy atom. The van der Waals surface area contributed by atoms with Gasteiger partial charge in [0.1, 0.15) is 17.8 Å². The highest BCUT2D eigenvalue weighted by Gasteiger charge is 2.34. The SMILES string of the molecule is CCOC(=O)C1CCCN(c2ncnc(Oc3ccc(OC)cc3)c2[N+](=O)[O-])C1. The topological polar surface area (TPSA) is 117 Å². The first kappa shape index (κ1) is 20.3. The van der Waals surface area contributed by atoms with Crippen molar-refractivity contribution in [1.82, 2.24) is 9.97 Å². The number of piperidine rings is 1. The number of carbonyl (C=O) groups is 1. The van der Waals surface area contributed by atoms with Crippen LogP contribution in [0.2, 0.25) is 0 Å². The van der Waals surface area contributed by atoms with E-state index in [0.29, 0.717) is 44.0 Å². The second kappa shape index (κ2) is 9.18. The molecular formula is C19H22N4O6. The second-order valence-electron chi connectivity index (χ2n) is 6.42. The number of nitrogens with zero attached hydrogens (tertiary/aromatic N) is 4. The van der Waals surface area contributed by atoms with E-state index in [9.17, 15) is 14.9 Å². The Morgan fingerprint density at radius 1 is 1.28 bits per heavy atom. The quantitative estimate of drug-likeness (QED) is 0.391. The average Bonchev–Trinajstić information content (AvgIpc) is 2.74. The third-order valence-corrected chi connectivity index (χ3v) is 4.57. The Balaban J connectivity index is 1.88. The van der Waals surface area contributed by atoms with Gasteiger partial charge < -0.3 is 19.1 Å². The van der Waals surface area contributed by atoms with Crippen molar-refractivity contribution in [2.75, 3.05) is 31.7 Å². The molecule has 1 saturated heterocycles. The van der Waals surface area contributed by atoms with Crippen LogP contribution in [0.3, 0.4) is 0 Å². The number of carbonyl (C=O) groups excluding carboxylic acids is 1. The Bertz CT molecular complexity index is 874. The number of nitro groups is 1. The van der Waals surface area contributed by atoms with Gasteiger partial charge in [0, 0.05) is 13.1 Å². The number of anilines is 1. The number of aromatic nitrogens is 2. The molecule has 0 bridgehead atoms. The van der Waals surface area contributed by atoms with Gasteiger partial charge in [-0.15, -0.1) is 0 Å². The van der Waals surface area contributed by atoms with Crippen molar-refractivity contribution in [3.05, 3.63) is 40.7 Å². The molecule has 2 aromatic rings. The highest BCUT2D eigenvalue weighted by molar-refractivity contribution is 5.74. The predicted molar refractivity (Wildman–Crippen MR) is 103 cm³/mol. The first-order valence-electron chi connectivity index (χ1n) is 9.26. The lowest BCUT2D eigenvalue weighted by molar-refractivity contribution is -0.385. The van der Waals surface area contributed by atoms with Crippen molar-refractivity contribution < 1.29 is 23.9 Å². The van der Waals surface area contributed by atoms with Gasteiger partial charge in [0.15, 0.2) is 0 Å². The molecule has 10 nitrogen and oxygen atoms in total. The Hall–Kier alpha value is -3.43. The van der Waals surface area contributed by atoms with Crippen molar-refractivity contribution in [2.24, 2.45) is 5.92 Å². The van der Waals surface area contributed by atoms with Crippen LogP contribution in [-0.4, -0.2) is 47.7 Å². The minimum absolute atomic E-state index is 0.127. The van der Waals surface area contributed by atoms with E-state index in [1.807, 2.05) is 0 Å². The lowest BCUT2D eigenvalue weighted by atomic mass is 9.98. The van der Waals surface area contributed by atoms with E-state index in [1.54, 1.807) is 43.2 Å². The van der Waals surface area contributed by atoms with Crippen molar-refractivity contribution in [1.29, 1.82) is 0 Å². The predicted octanol–water partition coefficient (Wildman–Crippen LogP) is 2.97. The molecule has 1 aliphatic rings. The number of esters is 1. The summed E-state index contributed by atoms with van der Waals surface area (Å²) in [5.41, 5.74) is -0.340. The molecule has 29 heavy (non-hydrogen) atoms. The van der Waals surface area contributed by atoms with Gasteiger partial charge in [-0.1, -0.05) is 0 Å². The summed E-state index contributed by atoms with van der Waals surface area (Å²) in [7, 11) is 1.54. The number of hydrogen-bond acceptors (Lipinski definition) is 9. The summed E-state index contributed by atoms with van der Waals surface area (Å²) in [6, 6.07) is 6.61. The zero-order chi connectivity index (χ0) is 20.8. The minimum Gasteiger partial charge on any atom is -0.497 e. The molecule has 0 N–H and O–H groups in total. The normalized spacial score (nSPS) is 16.2. The van der Waals surface area contributed by atoms with E-state index in [-0.39, 0.29) is 29.3 Å². The molecule has 3 rings (SSSR count). The monoisotopic (exact) mass is 402 g/mol. The maximum atomic E-state index is 12.1. The van der Waals surface area contributed by atoms with Crippen LogP contribution in [0.4, 0.5) is 11.5 Å². The molecule has 154 valence electrons. The van der Waals surface area contributed by atoms with Crippen molar-refractivity contribution in [3.63, 3.8) is 0 Å². The molecule has 2 heterocycles. The van der Waals surface area contributed by atoms with Crippen LogP contribution < -0.4 is 14.4 Å². The summed E-state index contributed by atoms with van der Waals surface area (Å²) in [4.78, 5) is 33.1. The zero-order valence-corrected chi connectivity index (χ0v) is 16.2. The first-order chi connectivity index (χ1) is 14.0. The zero-order valence-electron chi connectivity index (χ0n) is 16.2. The molecule has 1 atom stereocenters. The summed E-state index contributed by atoms with van der Waals surface area (Å²) >= 11 is 0. The lowest BCUT2D eigenvalue weighted by Gasteiger charge is -2.31. The van der Waals surface area contributed by atoms with Crippen LogP contribution in [0.5, 0.6) is 17.4 Å². The summed E-state index contributed by atoms with van der Waals surface area (Å²) in [6.07, 6.45) is 2.58. The summed E-state index contributed by atoms with van der Waals surface area (Å²) in [6.45, 7) is 2.87. The molecular weight excluding hydrogens is 380 g/mol. The Kier molecular flexibility index (Phi) is 6.43. The standard InChI is InChI=1S/C19H22N4O6/c1-3-28-19(24)13-5-4-10-22(11-13)17-16(23(25)26)18(21-12-20-17)29-15-8-6-14(27-2)7-9-15/h6-9,12-13H,3-5,10-11H2,1-2H3. The van der Waals surface area contributed by atoms with Crippen LogP contribution in [0.15, 0.2) is 30.6 Å². The highest BCUT2D eigenvalue weighted by atomic mass is 16.6. The molecule has 0 saturated carbocycles.